The molecule has 148 valence electrons. The van der Waals surface area contributed by atoms with E-state index < -0.39 is 12.1 Å². The summed E-state index contributed by atoms with van der Waals surface area (Å²) in [7, 11) is 0. The zero-order valence-corrected chi connectivity index (χ0v) is 15.6. The molecule has 0 fully saturated rings. The van der Waals surface area contributed by atoms with Gasteiger partial charge < -0.3 is 9.42 Å². The Labute approximate surface area is 166 Å². The molecule has 0 aliphatic rings. The van der Waals surface area contributed by atoms with Gasteiger partial charge in [-0.25, -0.2) is 15.0 Å². The van der Waals surface area contributed by atoms with Gasteiger partial charge in [-0.2, -0.15) is 18.2 Å². The molecule has 0 radical (unpaired) electrons. The van der Waals surface area contributed by atoms with Crippen molar-refractivity contribution in [1.82, 2.24) is 30.1 Å². The molecule has 0 aromatic carbocycles. The highest BCUT2D eigenvalue weighted by Gasteiger charge is 2.38. The first kappa shape index (κ1) is 18.9. The molecule has 4 heterocycles. The average Bonchev–Trinajstić information content (AvgIpc) is 3.37. The molecule has 12 heteroatoms. The summed E-state index contributed by atoms with van der Waals surface area (Å²) >= 11 is 1.25. The van der Waals surface area contributed by atoms with Crippen molar-refractivity contribution >= 4 is 23.0 Å². The second-order valence-electron chi connectivity index (χ2n) is 5.87. The highest BCUT2D eigenvalue weighted by atomic mass is 32.1. The standard InChI is InChI=1S/C17H12F3N7OS/c1-10-6-22-9-24-15(10)27(13-7-21-4-5-23-13)8-11-2-3-12(29-11)14-25-16(28-26-14)17(18,19)20/h2-7,9H,8H2,1H3. The smallest absolute Gasteiger partial charge is 0.329 e. The largest absolute Gasteiger partial charge is 0.471 e. The van der Waals surface area contributed by atoms with Crippen LogP contribution in [0.25, 0.3) is 10.7 Å². The monoisotopic (exact) mass is 419 g/mol. The zero-order valence-electron chi connectivity index (χ0n) is 14.8. The molecule has 0 saturated carbocycles. The molecule has 0 N–H and O–H groups in total. The summed E-state index contributed by atoms with van der Waals surface area (Å²) in [5, 5.41) is 3.42. The second-order valence-corrected chi connectivity index (χ2v) is 7.03. The Morgan fingerprint density at radius 2 is 1.97 bits per heavy atom. The summed E-state index contributed by atoms with van der Waals surface area (Å²) < 4.78 is 42.4. The Bertz CT molecular complexity index is 1110. The van der Waals surface area contributed by atoms with Crippen molar-refractivity contribution in [3.63, 3.8) is 0 Å². The maximum atomic E-state index is 12.7. The van der Waals surface area contributed by atoms with Crippen LogP contribution in [0.4, 0.5) is 24.8 Å². The van der Waals surface area contributed by atoms with Crippen LogP contribution in [-0.4, -0.2) is 30.1 Å². The van der Waals surface area contributed by atoms with Gasteiger partial charge in [-0.3, -0.25) is 4.98 Å². The van der Waals surface area contributed by atoms with Crippen LogP contribution in [0.15, 0.2) is 47.8 Å². The number of aromatic nitrogens is 6. The van der Waals surface area contributed by atoms with Crippen molar-refractivity contribution in [2.24, 2.45) is 0 Å². The van der Waals surface area contributed by atoms with Gasteiger partial charge in [0.15, 0.2) is 5.82 Å². The van der Waals surface area contributed by atoms with Crippen LogP contribution in [0.3, 0.4) is 0 Å². The van der Waals surface area contributed by atoms with Gasteiger partial charge in [-0.15, -0.1) is 11.3 Å². The van der Waals surface area contributed by atoms with E-state index in [1.807, 2.05) is 11.8 Å². The lowest BCUT2D eigenvalue weighted by Crippen LogP contribution is -2.19. The maximum Gasteiger partial charge on any atom is 0.471 e. The fourth-order valence-electron chi connectivity index (χ4n) is 2.55. The zero-order chi connectivity index (χ0) is 20.4. The van der Waals surface area contributed by atoms with Crippen molar-refractivity contribution in [3.8, 4) is 10.7 Å². The fourth-order valence-corrected chi connectivity index (χ4v) is 3.47. The molecule has 4 aromatic rings. The Kier molecular flexibility index (Phi) is 4.92. The minimum Gasteiger partial charge on any atom is -0.329 e. The number of hydrogen-bond acceptors (Lipinski definition) is 9. The van der Waals surface area contributed by atoms with E-state index in [2.05, 4.69) is 34.6 Å². The summed E-state index contributed by atoms with van der Waals surface area (Å²) in [6.07, 6.45) is 3.17. The summed E-state index contributed by atoms with van der Waals surface area (Å²) in [6.45, 7) is 2.24. The number of halogens is 3. The topological polar surface area (TPSA) is 93.7 Å². The molecular weight excluding hydrogens is 407 g/mol. The molecule has 4 aromatic heterocycles. The molecule has 8 nitrogen and oxygen atoms in total. The molecule has 0 amide bonds. The number of nitrogens with zero attached hydrogens (tertiary/aromatic N) is 7. The van der Waals surface area contributed by atoms with Crippen LogP contribution < -0.4 is 4.90 Å². The van der Waals surface area contributed by atoms with Crippen LogP contribution in [-0.2, 0) is 12.7 Å². The van der Waals surface area contributed by atoms with Gasteiger partial charge in [0.1, 0.15) is 12.1 Å². The summed E-state index contributed by atoms with van der Waals surface area (Å²) in [4.78, 5) is 23.3. The van der Waals surface area contributed by atoms with E-state index in [-0.39, 0.29) is 5.82 Å². The van der Waals surface area contributed by atoms with Crippen LogP contribution >= 0.6 is 11.3 Å². The molecule has 0 atom stereocenters. The lowest BCUT2D eigenvalue weighted by Gasteiger charge is -2.22. The Hall–Kier alpha value is -3.41. The summed E-state index contributed by atoms with van der Waals surface area (Å²) in [6, 6.07) is 3.43. The van der Waals surface area contributed by atoms with Gasteiger partial charge in [-0.1, -0.05) is 5.16 Å². The first-order chi connectivity index (χ1) is 13.9. The van der Waals surface area contributed by atoms with Crippen molar-refractivity contribution in [1.29, 1.82) is 0 Å². The second kappa shape index (κ2) is 7.54. The van der Waals surface area contributed by atoms with E-state index >= 15 is 0 Å². The molecule has 0 aliphatic heterocycles. The van der Waals surface area contributed by atoms with Crippen LogP contribution in [0.5, 0.6) is 0 Å². The van der Waals surface area contributed by atoms with Gasteiger partial charge in [-0.05, 0) is 19.1 Å². The first-order valence-corrected chi connectivity index (χ1v) is 9.03. The first-order valence-electron chi connectivity index (χ1n) is 8.22. The number of anilines is 2. The molecule has 29 heavy (non-hydrogen) atoms. The number of rotatable bonds is 5. The molecule has 0 spiro atoms. The van der Waals surface area contributed by atoms with Crippen molar-refractivity contribution in [3.05, 3.63) is 59.6 Å². The molecule has 0 aliphatic carbocycles. The molecule has 0 unspecified atom stereocenters. The van der Waals surface area contributed by atoms with Gasteiger partial charge in [0, 0.05) is 29.0 Å². The predicted octanol–water partition coefficient (Wildman–Crippen LogP) is 4.04. The third kappa shape index (κ3) is 4.06. The summed E-state index contributed by atoms with van der Waals surface area (Å²) in [5.74, 6) is -0.268. The number of thiophene rings is 1. The fraction of sp³-hybridized carbons (Fsp3) is 0.176. The predicted molar refractivity (Wildman–Crippen MR) is 97.3 cm³/mol. The third-order valence-electron chi connectivity index (χ3n) is 3.81. The molecular formula is C17H12F3N7OS. The molecule has 4 rings (SSSR count). The van der Waals surface area contributed by atoms with E-state index in [0.29, 0.717) is 23.1 Å². The lowest BCUT2D eigenvalue weighted by molar-refractivity contribution is -0.159. The van der Waals surface area contributed by atoms with Crippen molar-refractivity contribution in [2.75, 3.05) is 4.90 Å². The SMILES string of the molecule is Cc1cncnc1N(Cc1ccc(-c2noc(C(F)(F)F)n2)s1)c1cnccn1. The Morgan fingerprint density at radius 3 is 2.66 bits per heavy atom. The van der Waals surface area contributed by atoms with Crippen molar-refractivity contribution < 1.29 is 17.7 Å². The maximum absolute atomic E-state index is 12.7. The van der Waals surface area contributed by atoms with Gasteiger partial charge in [0.25, 0.3) is 0 Å². The number of alkyl halides is 3. The van der Waals surface area contributed by atoms with Crippen LogP contribution in [0, 0.1) is 6.92 Å². The van der Waals surface area contributed by atoms with Crippen LogP contribution in [0.2, 0.25) is 0 Å². The average molecular weight is 419 g/mol. The Balaban J connectivity index is 1.64. The highest BCUT2D eigenvalue weighted by Crippen LogP contribution is 2.33. The van der Waals surface area contributed by atoms with Gasteiger partial charge in [0.05, 0.1) is 17.6 Å². The number of aryl methyl sites for hydroxylation is 1. The Morgan fingerprint density at radius 1 is 1.10 bits per heavy atom. The van der Waals surface area contributed by atoms with Crippen LogP contribution in [0.1, 0.15) is 16.3 Å². The van der Waals surface area contributed by atoms with E-state index in [0.717, 1.165) is 10.4 Å². The van der Waals surface area contributed by atoms with E-state index in [1.54, 1.807) is 36.9 Å². The highest BCUT2D eigenvalue weighted by molar-refractivity contribution is 7.15. The minimum atomic E-state index is -4.68. The lowest BCUT2D eigenvalue weighted by atomic mass is 10.3. The number of hydrogen-bond donors (Lipinski definition) is 0. The minimum absolute atomic E-state index is 0.113. The van der Waals surface area contributed by atoms with Gasteiger partial charge >= 0.3 is 12.1 Å². The molecule has 0 saturated heterocycles. The summed E-state index contributed by atoms with van der Waals surface area (Å²) in [5.41, 5.74) is 0.836. The van der Waals surface area contributed by atoms with Crippen molar-refractivity contribution in [2.45, 2.75) is 19.6 Å². The quantitative estimate of drug-likeness (QED) is 0.478. The van der Waals surface area contributed by atoms with E-state index in [4.69, 9.17) is 0 Å². The van der Waals surface area contributed by atoms with E-state index in [9.17, 15) is 13.2 Å². The molecule has 0 bridgehead atoms. The normalized spacial score (nSPS) is 11.6. The van der Waals surface area contributed by atoms with E-state index in [1.165, 1.54) is 17.7 Å². The van der Waals surface area contributed by atoms with Gasteiger partial charge in [0.2, 0.25) is 5.82 Å². The third-order valence-corrected chi connectivity index (χ3v) is 4.88.